The van der Waals surface area contributed by atoms with Crippen molar-refractivity contribution < 1.29 is 23.0 Å². The maximum Gasteiger partial charge on any atom is 0.257 e. The zero-order valence-electron chi connectivity index (χ0n) is 17.6. The number of piperidine rings is 1. The quantitative estimate of drug-likeness (QED) is 0.729. The molecule has 1 aromatic heterocycles. The lowest BCUT2D eigenvalue weighted by molar-refractivity contribution is -0.140. The van der Waals surface area contributed by atoms with Gasteiger partial charge in [0.1, 0.15) is 41.1 Å². The van der Waals surface area contributed by atoms with Crippen molar-refractivity contribution in [2.24, 2.45) is 0 Å². The van der Waals surface area contributed by atoms with Crippen LogP contribution >= 0.6 is 0 Å². The second-order valence-corrected chi connectivity index (χ2v) is 8.42. The predicted molar refractivity (Wildman–Crippen MR) is 110 cm³/mol. The molecule has 0 radical (unpaired) electrons. The Bertz CT molecular complexity index is 1090. The number of fused-ring (bicyclic) bond motifs is 1. The molecule has 32 heavy (non-hydrogen) atoms. The summed E-state index contributed by atoms with van der Waals surface area (Å²) in [6.07, 6.45) is 3.30. The van der Waals surface area contributed by atoms with Gasteiger partial charge in [-0.15, -0.1) is 0 Å². The van der Waals surface area contributed by atoms with Crippen LogP contribution in [-0.4, -0.2) is 47.8 Å². The van der Waals surface area contributed by atoms with Gasteiger partial charge in [0.2, 0.25) is 0 Å². The van der Waals surface area contributed by atoms with Crippen molar-refractivity contribution in [1.82, 2.24) is 9.88 Å². The van der Waals surface area contributed by atoms with Gasteiger partial charge in [-0.1, -0.05) is 0 Å². The number of methoxy groups -OCH3 is 1. The van der Waals surface area contributed by atoms with Crippen LogP contribution in [0.15, 0.2) is 30.5 Å². The van der Waals surface area contributed by atoms with Crippen molar-refractivity contribution in [1.29, 1.82) is 5.26 Å². The Hall–Kier alpha value is -3.25. The number of aromatic nitrogens is 1. The molecule has 4 heterocycles. The number of halogens is 2. The molecule has 1 amide bonds. The Labute approximate surface area is 184 Å². The van der Waals surface area contributed by atoms with E-state index in [2.05, 4.69) is 4.98 Å². The second-order valence-electron chi connectivity index (χ2n) is 8.42. The molecule has 166 valence electrons. The van der Waals surface area contributed by atoms with E-state index in [0.717, 1.165) is 6.07 Å². The number of nitriles is 1. The molecular weight excluding hydrogens is 418 g/mol. The van der Waals surface area contributed by atoms with E-state index in [1.807, 2.05) is 11.0 Å². The van der Waals surface area contributed by atoms with Gasteiger partial charge in [0, 0.05) is 38.1 Å². The van der Waals surface area contributed by atoms with Gasteiger partial charge in [-0.3, -0.25) is 4.79 Å². The van der Waals surface area contributed by atoms with Crippen molar-refractivity contribution in [3.05, 3.63) is 53.2 Å². The summed E-state index contributed by atoms with van der Waals surface area (Å²) in [6.45, 7) is 1.10. The first kappa shape index (κ1) is 20.6. The van der Waals surface area contributed by atoms with Crippen molar-refractivity contribution in [2.45, 2.75) is 43.6 Å². The SMILES string of the molecule is COc1cc(N2CCC3(CC2)OC2CCC(c4cc(F)cc(F)c4)N2C3=O)ncc1C#N. The Morgan fingerprint density at radius 1 is 1.19 bits per heavy atom. The topological polar surface area (TPSA) is 78.7 Å². The molecule has 2 unspecified atom stereocenters. The highest BCUT2D eigenvalue weighted by Crippen LogP contribution is 2.48. The first-order valence-corrected chi connectivity index (χ1v) is 10.6. The molecule has 3 fully saturated rings. The monoisotopic (exact) mass is 440 g/mol. The van der Waals surface area contributed by atoms with Crippen molar-refractivity contribution in [2.75, 3.05) is 25.1 Å². The van der Waals surface area contributed by atoms with Crippen LogP contribution in [0.4, 0.5) is 14.6 Å². The number of carbonyl (C=O) groups is 1. The van der Waals surface area contributed by atoms with Crippen molar-refractivity contribution in [3.63, 3.8) is 0 Å². The van der Waals surface area contributed by atoms with Gasteiger partial charge in [0.25, 0.3) is 5.91 Å². The Kier molecular flexibility index (Phi) is 4.97. The number of hydrogen-bond acceptors (Lipinski definition) is 6. The molecule has 0 saturated carbocycles. The molecule has 2 atom stereocenters. The summed E-state index contributed by atoms with van der Waals surface area (Å²) in [6, 6.07) is 6.80. The largest absolute Gasteiger partial charge is 0.495 e. The molecular formula is C23H22F2N4O3. The van der Waals surface area contributed by atoms with Crippen LogP contribution in [0.2, 0.25) is 0 Å². The summed E-state index contributed by atoms with van der Waals surface area (Å²) < 4.78 is 39.1. The zero-order valence-corrected chi connectivity index (χ0v) is 17.6. The number of rotatable bonds is 3. The minimum Gasteiger partial charge on any atom is -0.495 e. The molecule has 1 aromatic carbocycles. The Balaban J connectivity index is 1.33. The lowest BCUT2D eigenvalue weighted by atomic mass is 9.89. The van der Waals surface area contributed by atoms with Gasteiger partial charge < -0.3 is 19.3 Å². The third-order valence-electron chi connectivity index (χ3n) is 6.68. The van der Waals surface area contributed by atoms with Crippen LogP contribution in [0.1, 0.15) is 42.9 Å². The van der Waals surface area contributed by atoms with E-state index in [1.54, 1.807) is 11.0 Å². The van der Waals surface area contributed by atoms with Gasteiger partial charge in [-0.2, -0.15) is 5.26 Å². The maximum absolute atomic E-state index is 13.8. The normalized spacial score (nSPS) is 24.0. The van der Waals surface area contributed by atoms with Crippen LogP contribution in [0.5, 0.6) is 5.75 Å². The second kappa shape index (κ2) is 7.71. The van der Waals surface area contributed by atoms with E-state index in [1.165, 1.54) is 25.4 Å². The fraction of sp³-hybridized carbons (Fsp3) is 0.435. The van der Waals surface area contributed by atoms with Crippen LogP contribution in [0.3, 0.4) is 0 Å². The molecule has 0 bridgehead atoms. The number of ether oxygens (including phenoxy) is 2. The van der Waals surface area contributed by atoms with E-state index < -0.39 is 17.2 Å². The van der Waals surface area contributed by atoms with Crippen LogP contribution in [-0.2, 0) is 9.53 Å². The number of nitrogens with zero attached hydrogens (tertiary/aromatic N) is 4. The summed E-state index contributed by atoms with van der Waals surface area (Å²) in [5, 5.41) is 9.15. The van der Waals surface area contributed by atoms with E-state index >= 15 is 0 Å². The average Bonchev–Trinajstić information content (AvgIpc) is 3.31. The number of pyridine rings is 1. The third kappa shape index (κ3) is 3.26. The summed E-state index contributed by atoms with van der Waals surface area (Å²) in [5.41, 5.74) is -0.104. The molecule has 7 nitrogen and oxygen atoms in total. The van der Waals surface area contributed by atoms with E-state index in [0.29, 0.717) is 61.5 Å². The molecule has 3 aliphatic heterocycles. The summed E-state index contributed by atoms with van der Waals surface area (Å²) in [4.78, 5) is 21.5. The molecule has 0 aliphatic carbocycles. The molecule has 9 heteroatoms. The average molecular weight is 440 g/mol. The van der Waals surface area contributed by atoms with E-state index in [4.69, 9.17) is 14.7 Å². The van der Waals surface area contributed by atoms with E-state index in [9.17, 15) is 13.6 Å². The number of carbonyl (C=O) groups excluding carboxylic acids is 1. The fourth-order valence-electron chi connectivity index (χ4n) is 5.09. The summed E-state index contributed by atoms with van der Waals surface area (Å²) in [7, 11) is 1.50. The fourth-order valence-corrected chi connectivity index (χ4v) is 5.09. The van der Waals surface area contributed by atoms with Crippen molar-refractivity contribution in [3.8, 4) is 11.8 Å². The molecule has 1 spiro atoms. The number of amides is 1. The lowest BCUT2D eigenvalue weighted by Gasteiger charge is -2.38. The minimum absolute atomic E-state index is 0.111. The Morgan fingerprint density at radius 3 is 2.56 bits per heavy atom. The first-order valence-electron chi connectivity index (χ1n) is 10.6. The van der Waals surface area contributed by atoms with E-state index in [-0.39, 0.29) is 18.2 Å². The van der Waals surface area contributed by atoms with Crippen molar-refractivity contribution >= 4 is 11.7 Å². The Morgan fingerprint density at radius 2 is 1.91 bits per heavy atom. The highest BCUT2D eigenvalue weighted by molar-refractivity contribution is 5.88. The molecule has 3 saturated heterocycles. The number of anilines is 1. The van der Waals surface area contributed by atoms with Crippen LogP contribution in [0.25, 0.3) is 0 Å². The zero-order chi connectivity index (χ0) is 22.5. The van der Waals surface area contributed by atoms with Gasteiger partial charge in [0.05, 0.1) is 19.3 Å². The minimum atomic E-state index is -0.928. The summed E-state index contributed by atoms with van der Waals surface area (Å²) >= 11 is 0. The first-order chi connectivity index (χ1) is 15.4. The molecule has 5 rings (SSSR count). The maximum atomic E-state index is 13.8. The van der Waals surface area contributed by atoms with Gasteiger partial charge in [-0.05, 0) is 30.5 Å². The van der Waals surface area contributed by atoms with Gasteiger partial charge in [0.15, 0.2) is 5.60 Å². The lowest BCUT2D eigenvalue weighted by Crippen LogP contribution is -2.50. The highest BCUT2D eigenvalue weighted by atomic mass is 19.1. The third-order valence-corrected chi connectivity index (χ3v) is 6.68. The predicted octanol–water partition coefficient (Wildman–Crippen LogP) is 3.30. The molecule has 3 aliphatic rings. The highest BCUT2D eigenvalue weighted by Gasteiger charge is 2.58. The number of hydrogen-bond donors (Lipinski definition) is 0. The van der Waals surface area contributed by atoms with Gasteiger partial charge >= 0.3 is 0 Å². The smallest absolute Gasteiger partial charge is 0.257 e. The van der Waals surface area contributed by atoms with Crippen LogP contribution in [0, 0.1) is 23.0 Å². The standard InChI is InChI=1S/C23H22F2N4O3/c1-31-19-11-20(27-13-15(19)12-26)28-6-4-23(5-7-28)22(30)29-18(2-3-21(29)32-23)14-8-16(24)10-17(25)9-14/h8-11,13,18,21H,2-7H2,1H3. The summed E-state index contributed by atoms with van der Waals surface area (Å²) in [5.74, 6) is -0.278. The number of benzene rings is 1. The molecule has 2 aromatic rings. The van der Waals surface area contributed by atoms with Crippen LogP contribution < -0.4 is 9.64 Å². The van der Waals surface area contributed by atoms with Gasteiger partial charge in [-0.25, -0.2) is 13.8 Å². The molecule has 0 N–H and O–H groups in total.